The Labute approximate surface area is 156 Å². The smallest absolute Gasteiger partial charge is 0.229 e. The Bertz CT molecular complexity index is 895. The summed E-state index contributed by atoms with van der Waals surface area (Å²) in [7, 11) is 0. The van der Waals surface area contributed by atoms with Crippen molar-refractivity contribution < 1.29 is 4.79 Å². The number of rotatable bonds is 4. The van der Waals surface area contributed by atoms with Gasteiger partial charge < -0.3 is 10.2 Å². The third kappa shape index (κ3) is 3.41. The molecule has 7 heteroatoms. The van der Waals surface area contributed by atoms with Gasteiger partial charge in [-0.25, -0.2) is 0 Å². The highest BCUT2D eigenvalue weighted by molar-refractivity contribution is 6.33. The quantitative estimate of drug-likeness (QED) is 0.767. The van der Waals surface area contributed by atoms with Gasteiger partial charge in [0.05, 0.1) is 16.6 Å². The zero-order valence-corrected chi connectivity index (χ0v) is 14.8. The molecule has 1 aliphatic heterocycles. The average Bonchev–Trinajstić information content (AvgIpc) is 3.35. The normalized spacial score (nSPS) is 16.7. The van der Waals surface area contributed by atoms with E-state index in [2.05, 4.69) is 20.4 Å². The molecular weight excluding hydrogens is 350 g/mol. The van der Waals surface area contributed by atoms with Crippen molar-refractivity contribution in [1.82, 2.24) is 14.8 Å². The first-order valence-corrected chi connectivity index (χ1v) is 8.84. The second-order valence-electron chi connectivity index (χ2n) is 6.29. The second-order valence-corrected chi connectivity index (χ2v) is 6.70. The van der Waals surface area contributed by atoms with Crippen LogP contribution in [-0.4, -0.2) is 33.8 Å². The minimum absolute atomic E-state index is 0.0385. The predicted molar refractivity (Wildman–Crippen MR) is 102 cm³/mol. The van der Waals surface area contributed by atoms with E-state index in [0.29, 0.717) is 6.54 Å². The van der Waals surface area contributed by atoms with Crippen molar-refractivity contribution >= 4 is 28.9 Å². The molecule has 4 rings (SSSR count). The summed E-state index contributed by atoms with van der Waals surface area (Å²) in [6.45, 7) is 1.50. The molecule has 0 saturated carbocycles. The molecule has 6 nitrogen and oxygen atoms in total. The molecule has 3 aromatic rings. The molecule has 0 spiro atoms. The maximum absolute atomic E-state index is 12.6. The monoisotopic (exact) mass is 367 g/mol. The summed E-state index contributed by atoms with van der Waals surface area (Å²) >= 11 is 6.27. The summed E-state index contributed by atoms with van der Waals surface area (Å²) in [5.74, 6) is -0.0135. The number of carbonyl (C=O) groups is 1. The summed E-state index contributed by atoms with van der Waals surface area (Å²) < 4.78 is 1.81. The van der Waals surface area contributed by atoms with Crippen LogP contribution in [0.2, 0.25) is 5.02 Å². The zero-order valence-electron chi connectivity index (χ0n) is 14.0. The van der Waals surface area contributed by atoms with Crippen LogP contribution in [0.3, 0.4) is 0 Å². The number of hydrogen-bond acceptors (Lipinski definition) is 4. The Hall–Kier alpha value is -2.86. The Balaban J connectivity index is 1.39. The summed E-state index contributed by atoms with van der Waals surface area (Å²) in [6.07, 6.45) is 4.08. The predicted octanol–water partition coefficient (Wildman–Crippen LogP) is 3.39. The fourth-order valence-corrected chi connectivity index (χ4v) is 3.45. The first-order chi connectivity index (χ1) is 12.7. The summed E-state index contributed by atoms with van der Waals surface area (Å²) in [6, 6.07) is 15.4. The van der Waals surface area contributed by atoms with Gasteiger partial charge in [0.2, 0.25) is 5.91 Å². The third-order valence-electron chi connectivity index (χ3n) is 4.60. The molecule has 1 amide bonds. The van der Waals surface area contributed by atoms with Gasteiger partial charge in [0.1, 0.15) is 12.7 Å². The number of nitrogens with one attached hydrogen (secondary N) is 1. The van der Waals surface area contributed by atoms with Crippen molar-refractivity contribution in [2.75, 3.05) is 23.3 Å². The molecule has 1 aliphatic rings. The lowest BCUT2D eigenvalue weighted by Gasteiger charge is -2.19. The van der Waals surface area contributed by atoms with E-state index in [0.717, 1.165) is 35.1 Å². The molecule has 0 aliphatic carbocycles. The molecule has 1 fully saturated rings. The maximum Gasteiger partial charge on any atom is 0.229 e. The van der Waals surface area contributed by atoms with Crippen molar-refractivity contribution in [3.63, 3.8) is 0 Å². The molecule has 132 valence electrons. The van der Waals surface area contributed by atoms with Gasteiger partial charge in [-0.05, 0) is 42.8 Å². The Morgan fingerprint density at radius 1 is 1.08 bits per heavy atom. The topological polar surface area (TPSA) is 63.1 Å². The minimum Gasteiger partial charge on any atom is -0.370 e. The van der Waals surface area contributed by atoms with Crippen molar-refractivity contribution in [2.45, 2.75) is 6.42 Å². The van der Waals surface area contributed by atoms with Gasteiger partial charge in [-0.3, -0.25) is 9.36 Å². The highest BCUT2D eigenvalue weighted by Crippen LogP contribution is 2.30. The molecule has 1 atom stereocenters. The minimum atomic E-state index is -0.0520. The van der Waals surface area contributed by atoms with Gasteiger partial charge in [-0.15, -0.1) is 10.2 Å². The van der Waals surface area contributed by atoms with Gasteiger partial charge >= 0.3 is 0 Å². The van der Waals surface area contributed by atoms with Crippen LogP contribution in [0.15, 0.2) is 61.2 Å². The van der Waals surface area contributed by atoms with Crippen LogP contribution in [-0.2, 0) is 4.79 Å². The molecular formula is C19H18ClN5O. The van der Waals surface area contributed by atoms with Crippen molar-refractivity contribution in [3.8, 4) is 5.69 Å². The zero-order chi connectivity index (χ0) is 17.9. The number of carbonyl (C=O) groups excluding carboxylic acids is 1. The van der Waals surface area contributed by atoms with E-state index >= 15 is 0 Å². The Morgan fingerprint density at radius 3 is 2.54 bits per heavy atom. The molecule has 26 heavy (non-hydrogen) atoms. The number of halogens is 1. The van der Waals surface area contributed by atoms with Crippen molar-refractivity contribution in [2.24, 2.45) is 5.92 Å². The molecule has 1 saturated heterocycles. The number of benzene rings is 2. The van der Waals surface area contributed by atoms with Crippen LogP contribution in [0, 0.1) is 5.92 Å². The van der Waals surface area contributed by atoms with E-state index in [1.165, 1.54) is 0 Å². The van der Waals surface area contributed by atoms with Gasteiger partial charge in [-0.1, -0.05) is 23.7 Å². The number of aromatic nitrogens is 3. The second kappa shape index (κ2) is 7.17. The number of nitrogens with zero attached hydrogens (tertiary/aromatic N) is 4. The number of anilines is 2. The Kier molecular flexibility index (Phi) is 4.58. The lowest BCUT2D eigenvalue weighted by atomic mass is 10.1. The van der Waals surface area contributed by atoms with Crippen LogP contribution in [0.1, 0.15) is 6.42 Å². The lowest BCUT2D eigenvalue weighted by molar-refractivity contribution is -0.119. The fourth-order valence-electron chi connectivity index (χ4n) is 3.20. The van der Waals surface area contributed by atoms with E-state index in [1.807, 2.05) is 53.1 Å². The SMILES string of the molecule is O=C(Nc1ccc(-n2cnnc2)cc1)C1CCN(c2ccccc2Cl)C1. The first-order valence-electron chi connectivity index (χ1n) is 8.46. The Morgan fingerprint density at radius 2 is 1.81 bits per heavy atom. The molecule has 2 aromatic carbocycles. The molecule has 1 unspecified atom stereocenters. The molecule has 1 aromatic heterocycles. The van der Waals surface area contributed by atoms with Gasteiger partial charge in [0, 0.05) is 24.5 Å². The van der Waals surface area contributed by atoms with Crippen LogP contribution in [0.4, 0.5) is 11.4 Å². The van der Waals surface area contributed by atoms with E-state index in [-0.39, 0.29) is 11.8 Å². The van der Waals surface area contributed by atoms with E-state index in [4.69, 9.17) is 11.6 Å². The number of hydrogen-bond donors (Lipinski definition) is 1. The van der Waals surface area contributed by atoms with Crippen molar-refractivity contribution in [3.05, 3.63) is 66.2 Å². The summed E-state index contributed by atoms with van der Waals surface area (Å²) in [4.78, 5) is 14.8. The maximum atomic E-state index is 12.6. The highest BCUT2D eigenvalue weighted by Gasteiger charge is 2.29. The lowest BCUT2D eigenvalue weighted by Crippen LogP contribution is -2.27. The first kappa shape index (κ1) is 16.6. The van der Waals surface area contributed by atoms with Crippen LogP contribution < -0.4 is 10.2 Å². The van der Waals surface area contributed by atoms with E-state index in [9.17, 15) is 4.79 Å². The van der Waals surface area contributed by atoms with Crippen LogP contribution in [0.5, 0.6) is 0 Å². The molecule has 2 heterocycles. The van der Waals surface area contributed by atoms with Gasteiger partial charge in [-0.2, -0.15) is 0 Å². The summed E-state index contributed by atoms with van der Waals surface area (Å²) in [5.41, 5.74) is 2.71. The average molecular weight is 368 g/mol. The van der Waals surface area contributed by atoms with Crippen LogP contribution >= 0.6 is 11.6 Å². The third-order valence-corrected chi connectivity index (χ3v) is 4.92. The highest BCUT2D eigenvalue weighted by atomic mass is 35.5. The van der Waals surface area contributed by atoms with E-state index < -0.39 is 0 Å². The molecule has 0 bridgehead atoms. The van der Waals surface area contributed by atoms with Crippen molar-refractivity contribution in [1.29, 1.82) is 0 Å². The number of amides is 1. The molecule has 0 radical (unpaired) electrons. The fraction of sp³-hybridized carbons (Fsp3) is 0.211. The standard InChI is InChI=1S/C19H18ClN5O/c20-17-3-1-2-4-18(17)24-10-9-14(11-24)19(26)23-15-5-7-16(8-6-15)25-12-21-22-13-25/h1-8,12-14H,9-11H2,(H,23,26). The molecule has 1 N–H and O–H groups in total. The summed E-state index contributed by atoms with van der Waals surface area (Å²) in [5, 5.41) is 11.3. The van der Waals surface area contributed by atoms with E-state index in [1.54, 1.807) is 12.7 Å². The van der Waals surface area contributed by atoms with Gasteiger partial charge in [0.25, 0.3) is 0 Å². The van der Waals surface area contributed by atoms with Crippen LogP contribution in [0.25, 0.3) is 5.69 Å². The van der Waals surface area contributed by atoms with Gasteiger partial charge in [0.15, 0.2) is 0 Å². The largest absolute Gasteiger partial charge is 0.370 e. The number of para-hydroxylation sites is 1.